The van der Waals surface area contributed by atoms with Crippen molar-refractivity contribution in [1.82, 2.24) is 20.5 Å². The minimum atomic E-state index is -0.491. The highest BCUT2D eigenvalue weighted by molar-refractivity contribution is 14.0. The molecule has 2 aromatic rings. The van der Waals surface area contributed by atoms with Crippen LogP contribution in [0.5, 0.6) is 5.75 Å². The third kappa shape index (κ3) is 8.70. The highest BCUT2D eigenvalue weighted by atomic mass is 127. The van der Waals surface area contributed by atoms with E-state index in [2.05, 4.69) is 31.6 Å². The summed E-state index contributed by atoms with van der Waals surface area (Å²) < 4.78 is 5.36. The number of halogens is 1. The quantitative estimate of drug-likeness (QED) is 0.270. The molecular formula is C22H31IN6O2. The predicted octanol–water partition coefficient (Wildman–Crippen LogP) is 1.89. The molecule has 1 aliphatic heterocycles. The van der Waals surface area contributed by atoms with Gasteiger partial charge in [-0.2, -0.15) is 0 Å². The van der Waals surface area contributed by atoms with Crippen LogP contribution in [0.2, 0.25) is 0 Å². The Morgan fingerprint density at radius 1 is 1.26 bits per heavy atom. The van der Waals surface area contributed by atoms with Gasteiger partial charge in [0.1, 0.15) is 5.75 Å². The van der Waals surface area contributed by atoms with E-state index in [4.69, 9.17) is 10.5 Å². The third-order valence-electron chi connectivity index (χ3n) is 5.00. The van der Waals surface area contributed by atoms with Crippen molar-refractivity contribution in [2.75, 3.05) is 26.7 Å². The van der Waals surface area contributed by atoms with E-state index >= 15 is 0 Å². The van der Waals surface area contributed by atoms with Crippen LogP contribution >= 0.6 is 24.0 Å². The number of likely N-dealkylation sites (tertiary alicyclic amines) is 1. The second-order valence-electron chi connectivity index (χ2n) is 7.34. The maximum absolute atomic E-state index is 10.9. The molecule has 1 aliphatic rings. The zero-order valence-electron chi connectivity index (χ0n) is 17.8. The number of carbonyl (C=O) groups is 1. The Morgan fingerprint density at radius 2 is 2.06 bits per heavy atom. The average molecular weight is 538 g/mol. The second-order valence-corrected chi connectivity index (χ2v) is 7.34. The lowest BCUT2D eigenvalue weighted by molar-refractivity contribution is -0.119. The predicted molar refractivity (Wildman–Crippen MR) is 132 cm³/mol. The summed E-state index contributed by atoms with van der Waals surface area (Å²) in [7, 11) is 1.78. The SMILES string of the molecule is CN=C(NCc1cccc(OCC(N)=O)c1)NC1CCN(Cc2ccccn2)CC1.I. The summed E-state index contributed by atoms with van der Waals surface area (Å²) in [4.78, 5) is 22.1. The van der Waals surface area contributed by atoms with Crippen LogP contribution in [0.1, 0.15) is 24.1 Å². The number of pyridine rings is 1. The van der Waals surface area contributed by atoms with Crippen LogP contribution in [-0.4, -0.2) is 54.5 Å². The Kier molecular flexibility index (Phi) is 10.5. The van der Waals surface area contributed by atoms with Gasteiger partial charge in [0.25, 0.3) is 5.91 Å². The van der Waals surface area contributed by atoms with E-state index in [1.807, 2.05) is 36.5 Å². The number of nitrogens with zero attached hydrogens (tertiary/aromatic N) is 3. The first-order valence-electron chi connectivity index (χ1n) is 10.2. The molecule has 0 spiro atoms. The molecule has 9 heteroatoms. The van der Waals surface area contributed by atoms with Crippen molar-refractivity contribution in [1.29, 1.82) is 0 Å². The molecule has 1 aromatic heterocycles. The molecular weight excluding hydrogens is 507 g/mol. The Hall–Kier alpha value is -2.40. The van der Waals surface area contributed by atoms with Gasteiger partial charge in [0, 0.05) is 45.5 Å². The van der Waals surface area contributed by atoms with Crippen molar-refractivity contribution in [3.05, 3.63) is 59.9 Å². The lowest BCUT2D eigenvalue weighted by atomic mass is 10.0. The number of rotatable bonds is 8. The maximum atomic E-state index is 10.9. The molecule has 0 atom stereocenters. The summed E-state index contributed by atoms with van der Waals surface area (Å²) in [5.41, 5.74) is 7.27. The van der Waals surface area contributed by atoms with Gasteiger partial charge in [-0.1, -0.05) is 18.2 Å². The number of hydrogen-bond donors (Lipinski definition) is 3. The van der Waals surface area contributed by atoms with Crippen LogP contribution in [0.4, 0.5) is 0 Å². The fraction of sp³-hybridized carbons (Fsp3) is 0.409. The van der Waals surface area contributed by atoms with Gasteiger partial charge in [-0.3, -0.25) is 19.7 Å². The number of piperidine rings is 1. The van der Waals surface area contributed by atoms with Crippen LogP contribution in [0, 0.1) is 0 Å². The first-order valence-corrected chi connectivity index (χ1v) is 10.2. The monoisotopic (exact) mass is 538 g/mol. The van der Waals surface area contributed by atoms with Gasteiger partial charge in [0.05, 0.1) is 5.69 Å². The summed E-state index contributed by atoms with van der Waals surface area (Å²) in [5.74, 6) is 0.909. The summed E-state index contributed by atoms with van der Waals surface area (Å²) in [6.07, 6.45) is 3.97. The van der Waals surface area contributed by atoms with Crippen molar-refractivity contribution in [2.24, 2.45) is 10.7 Å². The van der Waals surface area contributed by atoms with Crippen molar-refractivity contribution in [3.8, 4) is 5.75 Å². The Labute approximate surface area is 200 Å². The minimum Gasteiger partial charge on any atom is -0.484 e. The number of guanidine groups is 1. The highest BCUT2D eigenvalue weighted by Crippen LogP contribution is 2.14. The first kappa shape index (κ1) is 24.9. The Bertz CT molecular complexity index is 841. The molecule has 0 unspecified atom stereocenters. The molecule has 31 heavy (non-hydrogen) atoms. The second kappa shape index (κ2) is 13.1. The van der Waals surface area contributed by atoms with E-state index in [9.17, 15) is 4.79 Å². The van der Waals surface area contributed by atoms with Crippen LogP contribution < -0.4 is 21.1 Å². The van der Waals surface area contributed by atoms with Crippen LogP contribution in [-0.2, 0) is 17.9 Å². The zero-order chi connectivity index (χ0) is 21.2. The van der Waals surface area contributed by atoms with E-state index in [-0.39, 0.29) is 30.6 Å². The molecule has 0 radical (unpaired) electrons. The summed E-state index contributed by atoms with van der Waals surface area (Å²) >= 11 is 0. The van der Waals surface area contributed by atoms with Crippen molar-refractivity contribution < 1.29 is 9.53 Å². The standard InChI is InChI=1S/C22H30N6O2.HI/c1-24-22(26-14-17-5-4-7-20(13-17)30-16-21(23)29)27-18-8-11-28(12-9-18)15-19-6-2-3-10-25-19;/h2-7,10,13,18H,8-9,11-12,14-16H2,1H3,(H2,23,29)(H2,24,26,27);1H. The van der Waals surface area contributed by atoms with Gasteiger partial charge in [-0.05, 0) is 42.7 Å². The largest absolute Gasteiger partial charge is 0.484 e. The number of benzene rings is 1. The molecule has 1 amide bonds. The molecule has 8 nitrogen and oxygen atoms in total. The Morgan fingerprint density at radius 3 is 2.74 bits per heavy atom. The summed E-state index contributed by atoms with van der Waals surface area (Å²) in [6, 6.07) is 14.0. The van der Waals surface area contributed by atoms with Gasteiger partial charge >= 0.3 is 0 Å². The van der Waals surface area contributed by atoms with Gasteiger partial charge in [0.15, 0.2) is 12.6 Å². The third-order valence-corrected chi connectivity index (χ3v) is 5.00. The van der Waals surface area contributed by atoms with E-state index in [0.717, 1.165) is 49.7 Å². The molecule has 168 valence electrons. The van der Waals surface area contributed by atoms with E-state index < -0.39 is 5.91 Å². The molecule has 2 heterocycles. The molecule has 4 N–H and O–H groups in total. The number of nitrogens with two attached hydrogens (primary N) is 1. The highest BCUT2D eigenvalue weighted by Gasteiger charge is 2.20. The molecule has 0 aliphatic carbocycles. The number of amides is 1. The molecule has 1 saturated heterocycles. The summed E-state index contributed by atoms with van der Waals surface area (Å²) in [5, 5.41) is 6.86. The molecule has 1 fully saturated rings. The number of ether oxygens (including phenoxy) is 1. The van der Waals surface area contributed by atoms with Crippen molar-refractivity contribution in [2.45, 2.75) is 32.0 Å². The fourth-order valence-corrected chi connectivity index (χ4v) is 3.43. The van der Waals surface area contributed by atoms with E-state index in [1.165, 1.54) is 0 Å². The Balaban J connectivity index is 0.00000341. The number of aliphatic imine (C=N–C) groups is 1. The van der Waals surface area contributed by atoms with Crippen molar-refractivity contribution >= 4 is 35.8 Å². The first-order chi connectivity index (χ1) is 14.6. The molecule has 3 rings (SSSR count). The number of hydrogen-bond acceptors (Lipinski definition) is 5. The number of carbonyl (C=O) groups excluding carboxylic acids is 1. The van der Waals surface area contributed by atoms with Crippen molar-refractivity contribution in [3.63, 3.8) is 0 Å². The van der Waals surface area contributed by atoms with E-state index in [1.54, 1.807) is 13.1 Å². The normalized spacial score (nSPS) is 15.1. The zero-order valence-corrected chi connectivity index (χ0v) is 20.1. The lowest BCUT2D eigenvalue weighted by Crippen LogP contribution is -2.48. The summed E-state index contributed by atoms with van der Waals surface area (Å²) in [6.45, 7) is 3.44. The smallest absolute Gasteiger partial charge is 0.255 e. The molecule has 1 aromatic carbocycles. The number of nitrogens with one attached hydrogen (secondary N) is 2. The van der Waals surface area contributed by atoms with Gasteiger partial charge < -0.3 is 21.1 Å². The van der Waals surface area contributed by atoms with E-state index in [0.29, 0.717) is 18.3 Å². The average Bonchev–Trinajstić information content (AvgIpc) is 2.77. The maximum Gasteiger partial charge on any atom is 0.255 e. The van der Waals surface area contributed by atoms with Gasteiger partial charge in [0.2, 0.25) is 0 Å². The lowest BCUT2D eigenvalue weighted by Gasteiger charge is -2.32. The minimum absolute atomic E-state index is 0. The topological polar surface area (TPSA) is 105 Å². The van der Waals surface area contributed by atoms with Gasteiger partial charge in [-0.15, -0.1) is 24.0 Å². The molecule has 0 bridgehead atoms. The van der Waals surface area contributed by atoms with Crippen LogP contribution in [0.25, 0.3) is 0 Å². The fourth-order valence-electron chi connectivity index (χ4n) is 3.43. The molecule has 0 saturated carbocycles. The van der Waals surface area contributed by atoms with Crippen LogP contribution in [0.15, 0.2) is 53.7 Å². The number of aromatic nitrogens is 1. The number of primary amides is 1. The van der Waals surface area contributed by atoms with Crippen LogP contribution in [0.3, 0.4) is 0 Å². The van der Waals surface area contributed by atoms with Gasteiger partial charge in [-0.25, -0.2) is 0 Å².